The number of nitrogens with zero attached hydrogens (tertiary/aromatic N) is 3. The van der Waals surface area contributed by atoms with Crippen molar-refractivity contribution in [1.82, 2.24) is 4.98 Å². The van der Waals surface area contributed by atoms with Crippen LogP contribution in [0.15, 0.2) is 135 Å². The fourth-order valence-electron chi connectivity index (χ4n) is 4.59. The van der Waals surface area contributed by atoms with E-state index in [2.05, 4.69) is 91.0 Å². The van der Waals surface area contributed by atoms with Gasteiger partial charge in [0.05, 0.1) is 0 Å². The van der Waals surface area contributed by atoms with Crippen LogP contribution in [0.5, 0.6) is 0 Å². The third-order valence-electron chi connectivity index (χ3n) is 6.93. The third kappa shape index (κ3) is 9.97. The summed E-state index contributed by atoms with van der Waals surface area (Å²) in [7, 11) is 0. The van der Waals surface area contributed by atoms with Crippen LogP contribution in [-0.2, 0) is 24.9 Å². The summed E-state index contributed by atoms with van der Waals surface area (Å²) in [4.78, 5) is 29.0. The molecule has 1 aromatic heterocycles. The van der Waals surface area contributed by atoms with Crippen LogP contribution in [0.2, 0.25) is 0 Å². The van der Waals surface area contributed by atoms with Gasteiger partial charge in [-0.1, -0.05) is 66.7 Å². The second-order valence-corrected chi connectivity index (χ2v) is 13.2. The Labute approximate surface area is 288 Å². The van der Waals surface area contributed by atoms with E-state index in [1.165, 1.54) is 11.1 Å². The minimum absolute atomic E-state index is 0. The van der Waals surface area contributed by atoms with Crippen LogP contribution in [0.25, 0.3) is 0 Å². The summed E-state index contributed by atoms with van der Waals surface area (Å²) in [6.07, 6.45) is 0. The van der Waals surface area contributed by atoms with Gasteiger partial charge in [-0.25, -0.2) is 4.98 Å². The van der Waals surface area contributed by atoms with Crippen LogP contribution in [-0.4, -0.2) is 16.6 Å². The molecule has 0 spiro atoms. The van der Waals surface area contributed by atoms with Crippen molar-refractivity contribution in [3.63, 3.8) is 0 Å². The summed E-state index contributed by atoms with van der Waals surface area (Å²) < 4.78 is 9.32. The number of carbonyl (C=O) groups is 2. The standard InChI is InChI=1S/C19H13NO2.2C10H13N.BrH.Ni/c21-18(14-8-3-1-4-9-14)16-12-7-13-17(20-16)19(22)15-10-5-2-6-11-15;2*1-10(2,3)8-6-4-5-7-9(8)11;;/h1-13H;2*4-7H,1-3H3;1H;. The Hall–Kier alpha value is -4.06. The van der Waals surface area contributed by atoms with Crippen molar-refractivity contribution in [3.05, 3.63) is 161 Å². The van der Waals surface area contributed by atoms with E-state index in [0.29, 0.717) is 11.1 Å². The molecule has 0 N–H and O–H groups in total. The van der Waals surface area contributed by atoms with Crippen molar-refractivity contribution >= 4 is 39.9 Å². The summed E-state index contributed by atoms with van der Waals surface area (Å²) in [6, 6.07) is 39.3. The van der Waals surface area contributed by atoms with Gasteiger partial charge in [0.1, 0.15) is 11.4 Å². The van der Waals surface area contributed by atoms with Crippen molar-refractivity contribution in [1.29, 1.82) is 0 Å². The topological polar surface area (TPSA) is 71.8 Å². The van der Waals surface area contributed by atoms with Gasteiger partial charge in [0.2, 0.25) is 11.6 Å². The molecule has 4 aromatic carbocycles. The van der Waals surface area contributed by atoms with Crippen LogP contribution in [0.3, 0.4) is 0 Å². The van der Waals surface area contributed by atoms with Gasteiger partial charge in [-0.15, -0.1) is 17.0 Å². The Kier molecular flexibility index (Phi) is 13.1. The average Bonchev–Trinajstić information content (AvgIpc) is 3.05. The molecule has 46 heavy (non-hydrogen) atoms. The molecule has 0 aliphatic rings. The van der Waals surface area contributed by atoms with E-state index in [9.17, 15) is 9.59 Å². The first kappa shape index (κ1) is 36.4. The number of hydrogen-bond acceptors (Lipinski definition) is 5. The van der Waals surface area contributed by atoms with E-state index in [-0.39, 0.29) is 50.8 Å². The van der Waals surface area contributed by atoms with E-state index >= 15 is 0 Å². The molecule has 0 saturated carbocycles. The van der Waals surface area contributed by atoms with E-state index in [1.807, 2.05) is 24.3 Å². The van der Waals surface area contributed by atoms with E-state index in [4.69, 9.17) is 0 Å². The number of aromatic nitrogens is 1. The first-order chi connectivity index (χ1) is 21.4. The van der Waals surface area contributed by atoms with Gasteiger partial charge in [0.15, 0.2) is 0 Å². The number of ketones is 2. The molecule has 0 fully saturated rings. The molecule has 5 rings (SSSR count). The largest absolute Gasteiger partial charge is 0.287 e. The second kappa shape index (κ2) is 16.5. The molecule has 7 heteroatoms. The van der Waals surface area contributed by atoms with Gasteiger partial charge in [-0.2, -0.15) is 0 Å². The van der Waals surface area contributed by atoms with Crippen LogP contribution in [0.4, 0.5) is 11.4 Å². The zero-order valence-corrected chi connectivity index (χ0v) is 29.7. The Morgan fingerprint density at radius 3 is 1.22 bits per heavy atom. The smallest absolute Gasteiger partial charge is 0.211 e. The molecule has 0 aliphatic heterocycles. The third-order valence-corrected chi connectivity index (χ3v) is 7.60. The summed E-state index contributed by atoms with van der Waals surface area (Å²) in [6.45, 7) is 13.3. The molecular formula is C39H40BrN3NiO2. The number of rotatable bonds is 6. The summed E-state index contributed by atoms with van der Waals surface area (Å²) >= 11 is 1.07. The number of halogens is 1. The van der Waals surface area contributed by atoms with Crippen molar-refractivity contribution in [2.45, 2.75) is 52.4 Å². The van der Waals surface area contributed by atoms with Crippen LogP contribution >= 0.6 is 17.0 Å². The fourth-order valence-corrected chi connectivity index (χ4v) is 5.23. The summed E-state index contributed by atoms with van der Waals surface area (Å²) in [5, 5.41) is 0. The van der Waals surface area contributed by atoms with Gasteiger partial charge in [-0.05, 0) is 12.1 Å². The molecule has 240 valence electrons. The molecule has 0 radical (unpaired) electrons. The number of benzene rings is 4. The molecule has 0 aliphatic carbocycles. The maximum atomic E-state index is 12.4. The number of hydrogen-bond donors (Lipinski definition) is 0. The molecule has 5 nitrogen and oxygen atoms in total. The van der Waals surface area contributed by atoms with Crippen LogP contribution in [0.1, 0.15) is 84.8 Å². The minimum Gasteiger partial charge on any atom is -0.287 e. The first-order valence-electron chi connectivity index (χ1n) is 14.8. The van der Waals surface area contributed by atoms with E-state index in [0.717, 1.165) is 25.4 Å². The summed E-state index contributed by atoms with van der Waals surface area (Å²) in [5.74, 6) is -0.383. The molecule has 5 aromatic rings. The Morgan fingerprint density at radius 2 is 0.848 bits per heavy atom. The Morgan fingerprint density at radius 1 is 0.500 bits per heavy atom. The normalized spacial score (nSPS) is 11.0. The average molecular weight is 721 g/mol. The zero-order valence-electron chi connectivity index (χ0n) is 27.0. The molecule has 0 saturated heterocycles. The van der Waals surface area contributed by atoms with Gasteiger partial charge in [0, 0.05) is 11.1 Å². The predicted octanol–water partition coefficient (Wildman–Crippen LogP) is 10.8. The Balaban J connectivity index is 0.000000245. The number of pyridine rings is 1. The monoisotopic (exact) mass is 719 g/mol. The molecule has 0 atom stereocenters. The van der Waals surface area contributed by atoms with Crippen LogP contribution in [0, 0.1) is 0 Å². The van der Waals surface area contributed by atoms with Crippen LogP contribution < -0.4 is 0 Å². The quantitative estimate of drug-likeness (QED) is 0.129. The molecule has 0 unspecified atom stereocenters. The molecule has 0 amide bonds. The van der Waals surface area contributed by atoms with Gasteiger partial charge < -0.3 is 0 Å². The van der Waals surface area contributed by atoms with Gasteiger partial charge in [-0.3, -0.25) is 9.59 Å². The van der Waals surface area contributed by atoms with Crippen molar-refractivity contribution in [2.75, 3.05) is 0 Å². The molecule has 1 heterocycles. The number of carbonyl (C=O) groups excluding carboxylic acids is 2. The molecule has 0 bridgehead atoms. The maximum Gasteiger partial charge on any atom is 0.211 e. The van der Waals surface area contributed by atoms with E-state index in [1.54, 1.807) is 66.7 Å². The predicted molar refractivity (Wildman–Crippen MR) is 189 cm³/mol. The zero-order chi connectivity index (χ0) is 32.5. The second-order valence-electron chi connectivity index (χ2n) is 12.5. The van der Waals surface area contributed by atoms with Crippen molar-refractivity contribution < 1.29 is 23.6 Å². The molecular weight excluding hydrogens is 681 g/mol. The van der Waals surface area contributed by atoms with E-state index < -0.39 is 0 Å². The van der Waals surface area contributed by atoms with Crippen molar-refractivity contribution in [3.8, 4) is 0 Å². The van der Waals surface area contributed by atoms with Crippen molar-refractivity contribution in [2.24, 2.45) is 8.06 Å². The minimum atomic E-state index is -0.191. The SMILES string of the molecule is Br.CC(C)(C)c1ccccc1[N]=[Ni]=[N]c1ccccc1C(C)(C)C.O=C(c1ccccc1)c1cccc(C(=O)c2ccccc2)n1. The summed E-state index contributed by atoms with van der Waals surface area (Å²) in [5.41, 5.74) is 6.32. The first-order valence-corrected chi connectivity index (χ1v) is 15.7. The fraction of sp³-hybridized carbons (Fsp3) is 0.205. The maximum absolute atomic E-state index is 12.4. The van der Waals surface area contributed by atoms with Gasteiger partial charge >= 0.3 is 146 Å². The van der Waals surface area contributed by atoms with Gasteiger partial charge in [0.25, 0.3) is 0 Å². The Bertz CT molecular complexity index is 1710.